The first-order valence-electron chi connectivity index (χ1n) is 7.24. The molecule has 0 heterocycles. The second-order valence-corrected chi connectivity index (χ2v) is 6.04. The van der Waals surface area contributed by atoms with Crippen molar-refractivity contribution in [3.63, 3.8) is 0 Å². The van der Waals surface area contributed by atoms with Crippen molar-refractivity contribution >= 4 is 5.91 Å². The Morgan fingerprint density at radius 1 is 1.18 bits per heavy atom. The quantitative estimate of drug-likeness (QED) is 0.772. The zero-order valence-electron chi connectivity index (χ0n) is 10.8. The van der Waals surface area contributed by atoms with Gasteiger partial charge < -0.3 is 11.1 Å². The van der Waals surface area contributed by atoms with E-state index in [1.54, 1.807) is 0 Å². The molecular formula is C14H26N2O. The van der Waals surface area contributed by atoms with Crippen molar-refractivity contribution in [1.82, 2.24) is 5.32 Å². The fourth-order valence-corrected chi connectivity index (χ4v) is 3.01. The van der Waals surface area contributed by atoms with Crippen LogP contribution in [0.4, 0.5) is 0 Å². The first-order chi connectivity index (χ1) is 8.18. The number of nitrogens with two attached hydrogens (primary N) is 1. The van der Waals surface area contributed by atoms with Gasteiger partial charge in [-0.15, -0.1) is 0 Å². The molecule has 3 nitrogen and oxygen atoms in total. The Bertz CT molecular complexity index is 255. The number of hydrogen-bond donors (Lipinski definition) is 2. The summed E-state index contributed by atoms with van der Waals surface area (Å²) in [6.45, 7) is 0.847. The highest BCUT2D eigenvalue weighted by atomic mass is 16.1. The van der Waals surface area contributed by atoms with Crippen molar-refractivity contribution < 1.29 is 4.79 Å². The summed E-state index contributed by atoms with van der Waals surface area (Å²) in [6, 6.07) is 0. The van der Waals surface area contributed by atoms with E-state index in [2.05, 4.69) is 5.32 Å². The Hall–Kier alpha value is -0.570. The Morgan fingerprint density at radius 2 is 1.88 bits per heavy atom. The summed E-state index contributed by atoms with van der Waals surface area (Å²) in [7, 11) is 0. The summed E-state index contributed by atoms with van der Waals surface area (Å²) in [4.78, 5) is 11.8. The summed E-state index contributed by atoms with van der Waals surface area (Å²) in [5.41, 5.74) is 6.06. The molecule has 3 heteroatoms. The van der Waals surface area contributed by atoms with Crippen LogP contribution in [0, 0.1) is 5.92 Å². The fourth-order valence-electron chi connectivity index (χ4n) is 3.01. The second-order valence-electron chi connectivity index (χ2n) is 6.04. The molecule has 2 rings (SSSR count). The Labute approximate surface area is 105 Å². The molecule has 2 fully saturated rings. The molecule has 1 amide bonds. The third kappa shape index (κ3) is 3.98. The van der Waals surface area contributed by atoms with E-state index in [1.165, 1.54) is 38.5 Å². The molecule has 2 aliphatic carbocycles. The van der Waals surface area contributed by atoms with Crippen LogP contribution in [0.2, 0.25) is 0 Å². The second kappa shape index (κ2) is 5.85. The largest absolute Gasteiger partial charge is 0.356 e. The average molecular weight is 238 g/mol. The molecule has 0 unspecified atom stereocenters. The standard InChI is InChI=1S/C14H26N2O/c15-14(8-2-1-3-9-14)11-13(17)16-10-7-12-5-4-6-12/h12H,1-11,15H2,(H,16,17). The van der Waals surface area contributed by atoms with E-state index in [1.807, 2.05) is 0 Å². The Morgan fingerprint density at radius 3 is 2.47 bits per heavy atom. The van der Waals surface area contributed by atoms with Gasteiger partial charge in [0.2, 0.25) is 5.91 Å². The fraction of sp³-hybridized carbons (Fsp3) is 0.929. The molecule has 0 saturated heterocycles. The molecule has 0 spiro atoms. The van der Waals surface area contributed by atoms with Crippen molar-refractivity contribution in [2.75, 3.05) is 6.54 Å². The molecule has 2 saturated carbocycles. The maximum absolute atomic E-state index is 11.8. The normalized spacial score (nSPS) is 24.1. The molecule has 0 aromatic rings. The molecule has 0 aliphatic heterocycles. The maximum atomic E-state index is 11.8. The number of hydrogen-bond acceptors (Lipinski definition) is 2. The van der Waals surface area contributed by atoms with Gasteiger partial charge >= 0.3 is 0 Å². The lowest BCUT2D eigenvalue weighted by atomic mass is 9.80. The molecule has 98 valence electrons. The van der Waals surface area contributed by atoms with Gasteiger partial charge in [0, 0.05) is 18.5 Å². The van der Waals surface area contributed by atoms with Crippen LogP contribution in [-0.2, 0) is 4.79 Å². The average Bonchev–Trinajstić information content (AvgIpc) is 2.22. The highest BCUT2D eigenvalue weighted by Gasteiger charge is 2.29. The minimum absolute atomic E-state index is 0.161. The lowest BCUT2D eigenvalue weighted by Crippen LogP contribution is -2.46. The summed E-state index contributed by atoms with van der Waals surface area (Å²) in [6.07, 6.45) is 11.5. The van der Waals surface area contributed by atoms with Crippen LogP contribution in [0.1, 0.15) is 64.2 Å². The van der Waals surface area contributed by atoms with Gasteiger partial charge in [-0.2, -0.15) is 0 Å². The van der Waals surface area contributed by atoms with Crippen LogP contribution in [-0.4, -0.2) is 18.0 Å². The highest BCUT2D eigenvalue weighted by Crippen LogP contribution is 2.29. The lowest BCUT2D eigenvalue weighted by Gasteiger charge is -2.33. The van der Waals surface area contributed by atoms with Crippen molar-refractivity contribution in [2.24, 2.45) is 11.7 Å². The zero-order valence-corrected chi connectivity index (χ0v) is 10.8. The van der Waals surface area contributed by atoms with Crippen LogP contribution in [0.3, 0.4) is 0 Å². The molecular weight excluding hydrogens is 212 g/mol. The monoisotopic (exact) mass is 238 g/mol. The third-order valence-corrected chi connectivity index (χ3v) is 4.46. The molecule has 2 aliphatic rings. The molecule has 17 heavy (non-hydrogen) atoms. The lowest BCUT2D eigenvalue weighted by molar-refractivity contribution is -0.122. The number of amides is 1. The van der Waals surface area contributed by atoms with Crippen LogP contribution in [0.15, 0.2) is 0 Å². The molecule has 0 bridgehead atoms. The van der Waals surface area contributed by atoms with Crippen molar-refractivity contribution in [1.29, 1.82) is 0 Å². The first-order valence-corrected chi connectivity index (χ1v) is 7.24. The number of nitrogens with one attached hydrogen (secondary N) is 1. The molecule has 0 aromatic heterocycles. The van der Waals surface area contributed by atoms with Crippen molar-refractivity contribution in [3.05, 3.63) is 0 Å². The van der Waals surface area contributed by atoms with Gasteiger partial charge in [0.15, 0.2) is 0 Å². The number of rotatable bonds is 5. The van der Waals surface area contributed by atoms with E-state index in [9.17, 15) is 4.79 Å². The van der Waals surface area contributed by atoms with Gasteiger partial charge in [0.05, 0.1) is 0 Å². The summed E-state index contributed by atoms with van der Waals surface area (Å²) >= 11 is 0. The molecule has 0 aromatic carbocycles. The SMILES string of the molecule is NC1(CC(=O)NCCC2CCC2)CCCCC1. The van der Waals surface area contributed by atoms with Gasteiger partial charge in [-0.3, -0.25) is 4.79 Å². The first kappa shape index (κ1) is 12.9. The predicted octanol–water partition coefficient (Wildman–Crippen LogP) is 2.34. The Kier molecular flexibility index (Phi) is 4.43. The number of carbonyl (C=O) groups excluding carboxylic acids is 1. The van der Waals surface area contributed by atoms with E-state index in [0.717, 1.165) is 31.7 Å². The predicted molar refractivity (Wildman–Crippen MR) is 69.6 cm³/mol. The van der Waals surface area contributed by atoms with Gasteiger partial charge in [0.25, 0.3) is 0 Å². The van der Waals surface area contributed by atoms with Gasteiger partial charge in [0.1, 0.15) is 0 Å². The molecule has 3 N–H and O–H groups in total. The summed E-state index contributed by atoms with van der Waals surface area (Å²) in [5.74, 6) is 1.03. The van der Waals surface area contributed by atoms with E-state index >= 15 is 0 Å². The van der Waals surface area contributed by atoms with E-state index in [0.29, 0.717) is 6.42 Å². The topological polar surface area (TPSA) is 55.1 Å². The van der Waals surface area contributed by atoms with Gasteiger partial charge in [-0.05, 0) is 25.2 Å². The van der Waals surface area contributed by atoms with E-state index in [4.69, 9.17) is 5.73 Å². The smallest absolute Gasteiger partial charge is 0.221 e. The van der Waals surface area contributed by atoms with E-state index in [-0.39, 0.29) is 11.4 Å². The van der Waals surface area contributed by atoms with Gasteiger partial charge in [-0.1, -0.05) is 38.5 Å². The van der Waals surface area contributed by atoms with Crippen LogP contribution in [0.25, 0.3) is 0 Å². The molecule has 0 atom stereocenters. The summed E-state index contributed by atoms with van der Waals surface area (Å²) in [5, 5.41) is 3.04. The molecule has 0 radical (unpaired) electrons. The van der Waals surface area contributed by atoms with Crippen LogP contribution < -0.4 is 11.1 Å². The Balaban J connectivity index is 1.61. The van der Waals surface area contributed by atoms with Crippen molar-refractivity contribution in [3.8, 4) is 0 Å². The third-order valence-electron chi connectivity index (χ3n) is 4.46. The van der Waals surface area contributed by atoms with Gasteiger partial charge in [-0.25, -0.2) is 0 Å². The van der Waals surface area contributed by atoms with Crippen LogP contribution in [0.5, 0.6) is 0 Å². The maximum Gasteiger partial charge on any atom is 0.221 e. The summed E-state index contributed by atoms with van der Waals surface area (Å²) < 4.78 is 0. The highest BCUT2D eigenvalue weighted by molar-refractivity contribution is 5.77. The zero-order chi connectivity index (χ0) is 12.1. The minimum atomic E-state index is -0.210. The van der Waals surface area contributed by atoms with Crippen molar-refractivity contribution in [2.45, 2.75) is 69.7 Å². The van der Waals surface area contributed by atoms with E-state index < -0.39 is 0 Å². The number of carbonyl (C=O) groups is 1. The van der Waals surface area contributed by atoms with Crippen LogP contribution >= 0.6 is 0 Å². The minimum Gasteiger partial charge on any atom is -0.356 e.